The van der Waals surface area contributed by atoms with E-state index in [-0.39, 0.29) is 12.1 Å². The molecule has 2 saturated heterocycles. The molecule has 0 aliphatic carbocycles. The van der Waals surface area contributed by atoms with Crippen molar-refractivity contribution in [2.75, 3.05) is 26.2 Å². The van der Waals surface area contributed by atoms with Gasteiger partial charge in [-0.3, -0.25) is 0 Å². The van der Waals surface area contributed by atoms with E-state index >= 15 is 0 Å². The highest BCUT2D eigenvalue weighted by molar-refractivity contribution is 5.83. The van der Waals surface area contributed by atoms with Crippen molar-refractivity contribution in [2.45, 2.75) is 44.7 Å². The molecule has 6 nitrogen and oxygen atoms in total. The second kappa shape index (κ2) is 6.23. The number of urea groups is 1. The SMILES string of the molecule is CC(CN1CCCC1)NC(=O)N1CCC[C@@H]1C(=O)O. The summed E-state index contributed by atoms with van der Waals surface area (Å²) in [4.78, 5) is 26.9. The Kier molecular flexibility index (Phi) is 4.63. The van der Waals surface area contributed by atoms with Crippen molar-refractivity contribution < 1.29 is 14.7 Å². The van der Waals surface area contributed by atoms with E-state index in [1.54, 1.807) is 0 Å². The number of carbonyl (C=O) groups excluding carboxylic acids is 1. The average Bonchev–Trinajstić information content (AvgIpc) is 2.97. The van der Waals surface area contributed by atoms with Crippen LogP contribution in [0.4, 0.5) is 4.79 Å². The molecule has 1 unspecified atom stereocenters. The first-order valence-electron chi connectivity index (χ1n) is 7.10. The van der Waals surface area contributed by atoms with Crippen LogP contribution in [0.2, 0.25) is 0 Å². The number of nitrogens with zero attached hydrogens (tertiary/aromatic N) is 2. The summed E-state index contributed by atoms with van der Waals surface area (Å²) in [6, 6.07) is -0.837. The Hall–Kier alpha value is -1.30. The lowest BCUT2D eigenvalue weighted by Crippen LogP contribution is -2.50. The van der Waals surface area contributed by atoms with Gasteiger partial charge < -0.3 is 20.2 Å². The zero-order valence-electron chi connectivity index (χ0n) is 11.5. The second-order valence-corrected chi connectivity index (χ2v) is 5.55. The number of amides is 2. The number of nitrogens with one attached hydrogen (secondary N) is 1. The molecular weight excluding hydrogens is 246 g/mol. The van der Waals surface area contributed by atoms with Crippen molar-refractivity contribution in [2.24, 2.45) is 0 Å². The Morgan fingerprint density at radius 3 is 2.58 bits per heavy atom. The Labute approximate surface area is 113 Å². The molecule has 108 valence electrons. The van der Waals surface area contributed by atoms with E-state index in [1.807, 2.05) is 6.92 Å². The summed E-state index contributed by atoms with van der Waals surface area (Å²) in [5.41, 5.74) is 0. The summed E-state index contributed by atoms with van der Waals surface area (Å²) in [6.07, 6.45) is 3.79. The summed E-state index contributed by atoms with van der Waals surface area (Å²) < 4.78 is 0. The lowest BCUT2D eigenvalue weighted by molar-refractivity contribution is -0.141. The minimum absolute atomic E-state index is 0.0562. The van der Waals surface area contributed by atoms with Gasteiger partial charge in [0.15, 0.2) is 0 Å². The molecule has 0 saturated carbocycles. The topological polar surface area (TPSA) is 72.9 Å². The molecule has 0 spiro atoms. The van der Waals surface area contributed by atoms with Crippen molar-refractivity contribution >= 4 is 12.0 Å². The fourth-order valence-electron chi connectivity index (χ4n) is 2.96. The molecule has 2 aliphatic heterocycles. The van der Waals surface area contributed by atoms with Gasteiger partial charge in [0, 0.05) is 19.1 Å². The molecule has 2 amide bonds. The first-order valence-corrected chi connectivity index (χ1v) is 7.10. The van der Waals surface area contributed by atoms with E-state index in [0.29, 0.717) is 13.0 Å². The van der Waals surface area contributed by atoms with Gasteiger partial charge in [0.1, 0.15) is 6.04 Å². The van der Waals surface area contributed by atoms with Gasteiger partial charge >= 0.3 is 12.0 Å². The molecule has 0 radical (unpaired) electrons. The summed E-state index contributed by atoms with van der Waals surface area (Å²) in [7, 11) is 0. The van der Waals surface area contributed by atoms with E-state index < -0.39 is 12.0 Å². The van der Waals surface area contributed by atoms with E-state index in [0.717, 1.165) is 26.1 Å². The van der Waals surface area contributed by atoms with Crippen LogP contribution in [-0.4, -0.2) is 65.2 Å². The number of carbonyl (C=O) groups is 2. The molecule has 0 aromatic heterocycles. The van der Waals surface area contributed by atoms with Crippen LogP contribution < -0.4 is 5.32 Å². The smallest absolute Gasteiger partial charge is 0.326 e. The van der Waals surface area contributed by atoms with Gasteiger partial charge in [0.05, 0.1) is 0 Å². The van der Waals surface area contributed by atoms with Gasteiger partial charge in [-0.05, 0) is 45.7 Å². The van der Waals surface area contributed by atoms with E-state index in [1.165, 1.54) is 17.7 Å². The fourth-order valence-corrected chi connectivity index (χ4v) is 2.96. The molecule has 2 N–H and O–H groups in total. The van der Waals surface area contributed by atoms with Gasteiger partial charge in [-0.25, -0.2) is 9.59 Å². The quantitative estimate of drug-likeness (QED) is 0.789. The predicted molar refractivity (Wildman–Crippen MR) is 71.0 cm³/mol. The van der Waals surface area contributed by atoms with Crippen LogP contribution in [0.1, 0.15) is 32.6 Å². The third-order valence-electron chi connectivity index (χ3n) is 3.90. The van der Waals surface area contributed by atoms with Crippen LogP contribution in [0.25, 0.3) is 0 Å². The Morgan fingerprint density at radius 2 is 1.95 bits per heavy atom. The first-order chi connectivity index (χ1) is 9.08. The van der Waals surface area contributed by atoms with Crippen molar-refractivity contribution in [3.8, 4) is 0 Å². The zero-order chi connectivity index (χ0) is 13.8. The normalized spacial score (nSPS) is 25.5. The number of carboxylic acid groups (broad SMARTS) is 1. The maximum Gasteiger partial charge on any atom is 0.326 e. The Balaban J connectivity index is 1.80. The third kappa shape index (κ3) is 3.59. The van der Waals surface area contributed by atoms with Gasteiger partial charge in [0.25, 0.3) is 0 Å². The standard InChI is InChI=1S/C13H23N3O3/c1-10(9-15-6-2-3-7-15)14-13(19)16-8-4-5-11(16)12(17)18/h10-11H,2-9H2,1H3,(H,14,19)(H,17,18)/t10?,11-/m1/s1. The minimum atomic E-state index is -0.903. The predicted octanol–water partition coefficient (Wildman–Crippen LogP) is 0.729. The summed E-state index contributed by atoms with van der Waals surface area (Å²) in [6.45, 7) is 5.56. The molecule has 2 atom stereocenters. The van der Waals surface area contributed by atoms with Gasteiger partial charge in [0.2, 0.25) is 0 Å². The monoisotopic (exact) mass is 269 g/mol. The van der Waals surface area contributed by atoms with Crippen LogP contribution in [0.3, 0.4) is 0 Å². The number of hydrogen-bond donors (Lipinski definition) is 2. The molecule has 2 fully saturated rings. The molecular formula is C13H23N3O3. The Morgan fingerprint density at radius 1 is 1.26 bits per heavy atom. The second-order valence-electron chi connectivity index (χ2n) is 5.55. The minimum Gasteiger partial charge on any atom is -0.480 e. The van der Waals surface area contributed by atoms with Crippen molar-refractivity contribution in [1.29, 1.82) is 0 Å². The summed E-state index contributed by atoms with van der Waals surface area (Å²) in [5, 5.41) is 12.0. The van der Waals surface area contributed by atoms with Gasteiger partial charge in [-0.2, -0.15) is 0 Å². The molecule has 2 aliphatic rings. The molecule has 19 heavy (non-hydrogen) atoms. The Bertz CT molecular complexity index is 342. The van der Waals surface area contributed by atoms with E-state index in [4.69, 9.17) is 5.11 Å². The molecule has 2 heterocycles. The molecule has 0 aromatic carbocycles. The molecule has 0 aromatic rings. The largest absolute Gasteiger partial charge is 0.480 e. The lowest BCUT2D eigenvalue weighted by atomic mass is 10.2. The van der Waals surface area contributed by atoms with Crippen LogP contribution in [0.5, 0.6) is 0 Å². The number of likely N-dealkylation sites (tertiary alicyclic amines) is 2. The average molecular weight is 269 g/mol. The highest BCUT2D eigenvalue weighted by Crippen LogP contribution is 2.17. The molecule has 0 bridgehead atoms. The van der Waals surface area contributed by atoms with Crippen LogP contribution >= 0.6 is 0 Å². The third-order valence-corrected chi connectivity index (χ3v) is 3.90. The molecule has 2 rings (SSSR count). The molecule has 6 heteroatoms. The summed E-state index contributed by atoms with van der Waals surface area (Å²) >= 11 is 0. The van der Waals surface area contributed by atoms with Crippen LogP contribution in [0.15, 0.2) is 0 Å². The van der Waals surface area contributed by atoms with Crippen molar-refractivity contribution in [1.82, 2.24) is 15.1 Å². The number of aliphatic carboxylic acids is 1. The van der Waals surface area contributed by atoms with E-state index in [9.17, 15) is 9.59 Å². The van der Waals surface area contributed by atoms with Crippen LogP contribution in [0, 0.1) is 0 Å². The fraction of sp³-hybridized carbons (Fsp3) is 0.846. The lowest BCUT2D eigenvalue weighted by Gasteiger charge is -2.26. The van der Waals surface area contributed by atoms with Crippen molar-refractivity contribution in [3.05, 3.63) is 0 Å². The highest BCUT2D eigenvalue weighted by Gasteiger charge is 2.34. The number of rotatable bonds is 4. The summed E-state index contributed by atoms with van der Waals surface area (Å²) in [5.74, 6) is -0.903. The van der Waals surface area contributed by atoms with Crippen molar-refractivity contribution in [3.63, 3.8) is 0 Å². The highest BCUT2D eigenvalue weighted by atomic mass is 16.4. The number of carboxylic acids is 1. The van der Waals surface area contributed by atoms with Gasteiger partial charge in [-0.15, -0.1) is 0 Å². The maximum atomic E-state index is 12.1. The maximum absolute atomic E-state index is 12.1. The van der Waals surface area contributed by atoms with Gasteiger partial charge in [-0.1, -0.05) is 0 Å². The van der Waals surface area contributed by atoms with E-state index in [2.05, 4.69) is 10.2 Å². The zero-order valence-corrected chi connectivity index (χ0v) is 11.5. The number of hydrogen-bond acceptors (Lipinski definition) is 3. The first kappa shape index (κ1) is 14.1. The van der Waals surface area contributed by atoms with Crippen LogP contribution in [-0.2, 0) is 4.79 Å².